The lowest BCUT2D eigenvalue weighted by atomic mass is 10.3. The van der Waals surface area contributed by atoms with Crippen LogP contribution in [0, 0.1) is 0 Å². The topological polar surface area (TPSA) is 127 Å². The molecule has 1 aromatic rings. The van der Waals surface area contributed by atoms with Gasteiger partial charge >= 0.3 is 0 Å². The van der Waals surface area contributed by atoms with Gasteiger partial charge in [0, 0.05) is 0 Å². The van der Waals surface area contributed by atoms with E-state index in [1.165, 1.54) is 24.3 Å². The SMILES string of the molecule is O=S(=O)(O)CCOc1ccc(OCCS(=O)(=O)O)cc1. The summed E-state index contributed by atoms with van der Waals surface area (Å²) in [7, 11) is -8.12. The highest BCUT2D eigenvalue weighted by molar-refractivity contribution is 7.86. The monoisotopic (exact) mass is 326 g/mol. The molecule has 8 nitrogen and oxygen atoms in total. The lowest BCUT2D eigenvalue weighted by Gasteiger charge is -2.07. The van der Waals surface area contributed by atoms with Crippen molar-refractivity contribution in [2.45, 2.75) is 0 Å². The van der Waals surface area contributed by atoms with Gasteiger partial charge < -0.3 is 9.47 Å². The minimum absolute atomic E-state index is 0.193. The molecule has 1 aromatic carbocycles. The van der Waals surface area contributed by atoms with Crippen molar-refractivity contribution < 1.29 is 35.4 Å². The van der Waals surface area contributed by atoms with Crippen molar-refractivity contribution in [1.82, 2.24) is 0 Å². The van der Waals surface area contributed by atoms with E-state index in [1.807, 2.05) is 0 Å². The van der Waals surface area contributed by atoms with Crippen molar-refractivity contribution in [3.63, 3.8) is 0 Å². The minimum atomic E-state index is -4.06. The molecule has 1 rings (SSSR count). The highest BCUT2D eigenvalue weighted by Crippen LogP contribution is 2.17. The van der Waals surface area contributed by atoms with Crippen molar-refractivity contribution in [3.05, 3.63) is 24.3 Å². The van der Waals surface area contributed by atoms with E-state index in [0.29, 0.717) is 11.5 Å². The molecule has 0 aromatic heterocycles. The molecule has 114 valence electrons. The molecular weight excluding hydrogens is 312 g/mol. The summed E-state index contributed by atoms with van der Waals surface area (Å²) in [5.74, 6) is -0.286. The zero-order valence-electron chi connectivity index (χ0n) is 10.3. The molecule has 20 heavy (non-hydrogen) atoms. The van der Waals surface area contributed by atoms with E-state index < -0.39 is 31.7 Å². The van der Waals surface area contributed by atoms with Crippen LogP contribution < -0.4 is 9.47 Å². The van der Waals surface area contributed by atoms with E-state index in [-0.39, 0.29) is 13.2 Å². The third-order valence-corrected chi connectivity index (χ3v) is 3.41. The van der Waals surface area contributed by atoms with Gasteiger partial charge in [-0.3, -0.25) is 9.11 Å². The molecular formula is C10H14O8S2. The second-order valence-electron chi connectivity index (χ2n) is 3.74. The molecule has 0 fully saturated rings. The molecule has 0 heterocycles. The molecule has 0 unspecified atom stereocenters. The molecule has 10 heteroatoms. The van der Waals surface area contributed by atoms with Crippen LogP contribution in [-0.4, -0.2) is 50.7 Å². The number of hydrogen-bond donors (Lipinski definition) is 2. The molecule has 0 atom stereocenters. The largest absolute Gasteiger partial charge is 0.492 e. The lowest BCUT2D eigenvalue weighted by molar-refractivity contribution is 0.326. The molecule has 0 radical (unpaired) electrons. The first-order valence-electron chi connectivity index (χ1n) is 5.42. The van der Waals surface area contributed by atoms with E-state index in [9.17, 15) is 16.8 Å². The highest BCUT2D eigenvalue weighted by atomic mass is 32.2. The van der Waals surface area contributed by atoms with Gasteiger partial charge in [0.1, 0.15) is 36.2 Å². The summed E-state index contributed by atoms with van der Waals surface area (Å²) in [4.78, 5) is 0. The summed E-state index contributed by atoms with van der Waals surface area (Å²) >= 11 is 0. The average Bonchev–Trinajstić information content (AvgIpc) is 2.28. The Balaban J connectivity index is 2.40. The zero-order valence-corrected chi connectivity index (χ0v) is 11.9. The Morgan fingerprint density at radius 3 is 1.30 bits per heavy atom. The second-order valence-corrected chi connectivity index (χ2v) is 6.88. The Morgan fingerprint density at radius 1 is 0.750 bits per heavy atom. The van der Waals surface area contributed by atoms with Crippen molar-refractivity contribution >= 4 is 20.2 Å². The fourth-order valence-corrected chi connectivity index (χ4v) is 1.75. The molecule has 0 saturated carbocycles. The Hall–Kier alpha value is -1.36. The van der Waals surface area contributed by atoms with Crippen molar-refractivity contribution in [1.29, 1.82) is 0 Å². The number of ether oxygens (including phenoxy) is 2. The van der Waals surface area contributed by atoms with Crippen molar-refractivity contribution in [3.8, 4) is 11.5 Å². The molecule has 0 amide bonds. The molecule has 0 aliphatic carbocycles. The molecule has 0 aliphatic heterocycles. The Kier molecular flexibility index (Phi) is 5.74. The Labute approximate surface area is 116 Å². The first-order chi connectivity index (χ1) is 9.16. The first kappa shape index (κ1) is 16.7. The highest BCUT2D eigenvalue weighted by Gasteiger charge is 2.06. The van der Waals surface area contributed by atoms with Crippen LogP contribution in [0.25, 0.3) is 0 Å². The van der Waals surface area contributed by atoms with E-state index in [4.69, 9.17) is 18.6 Å². The quantitative estimate of drug-likeness (QED) is 0.649. The summed E-state index contributed by atoms with van der Waals surface area (Å²) in [5.41, 5.74) is 0. The molecule has 0 spiro atoms. The summed E-state index contributed by atoms with van der Waals surface area (Å²) in [6.45, 7) is -0.385. The van der Waals surface area contributed by atoms with Gasteiger partial charge in [-0.2, -0.15) is 16.8 Å². The van der Waals surface area contributed by atoms with Gasteiger partial charge in [-0.15, -0.1) is 0 Å². The van der Waals surface area contributed by atoms with Crippen LogP contribution in [-0.2, 0) is 20.2 Å². The Bertz CT molecular complexity index is 561. The predicted octanol–water partition coefficient (Wildman–Crippen LogP) is 0.220. The molecule has 0 bridgehead atoms. The fraction of sp³-hybridized carbons (Fsp3) is 0.400. The summed E-state index contributed by atoms with van der Waals surface area (Å²) in [5, 5.41) is 0. The van der Waals surface area contributed by atoms with Gasteiger partial charge in [0.05, 0.1) is 0 Å². The first-order valence-corrected chi connectivity index (χ1v) is 8.63. The van der Waals surface area contributed by atoms with Crippen LogP contribution >= 0.6 is 0 Å². The van der Waals surface area contributed by atoms with Crippen LogP contribution in [0.4, 0.5) is 0 Å². The van der Waals surface area contributed by atoms with Gasteiger partial charge in [-0.05, 0) is 24.3 Å². The average molecular weight is 326 g/mol. The van der Waals surface area contributed by atoms with Gasteiger partial charge in [0.15, 0.2) is 0 Å². The minimum Gasteiger partial charge on any atom is -0.492 e. The predicted molar refractivity (Wildman–Crippen MR) is 70.3 cm³/mol. The zero-order chi connectivity index (χ0) is 15.2. The maximum absolute atomic E-state index is 10.5. The van der Waals surface area contributed by atoms with E-state index >= 15 is 0 Å². The third-order valence-electron chi connectivity index (χ3n) is 2.04. The summed E-state index contributed by atoms with van der Waals surface area (Å²) < 4.78 is 69.0. The molecule has 0 aliphatic rings. The normalized spacial score (nSPS) is 12.1. The van der Waals surface area contributed by atoms with Crippen LogP contribution in [0.15, 0.2) is 24.3 Å². The molecule has 0 saturated heterocycles. The lowest BCUT2D eigenvalue weighted by Crippen LogP contribution is -2.13. The van der Waals surface area contributed by atoms with Gasteiger partial charge in [0.25, 0.3) is 20.2 Å². The van der Waals surface area contributed by atoms with Crippen LogP contribution in [0.1, 0.15) is 0 Å². The van der Waals surface area contributed by atoms with Crippen LogP contribution in [0.5, 0.6) is 11.5 Å². The maximum Gasteiger partial charge on any atom is 0.268 e. The van der Waals surface area contributed by atoms with E-state index in [1.54, 1.807) is 0 Å². The summed E-state index contributed by atoms with van der Waals surface area (Å²) in [6, 6.07) is 5.97. The van der Waals surface area contributed by atoms with Crippen molar-refractivity contribution in [2.75, 3.05) is 24.7 Å². The third kappa shape index (κ3) is 7.94. The standard InChI is InChI=1S/C10H14O8S2/c11-19(12,13)7-5-17-9-1-2-10(4-3-9)18-6-8-20(14,15)16/h1-4H,5-8H2,(H,11,12,13)(H,14,15,16). The Morgan fingerprint density at radius 2 is 1.05 bits per heavy atom. The molecule has 2 N–H and O–H groups in total. The van der Waals surface area contributed by atoms with E-state index in [0.717, 1.165) is 0 Å². The second kappa shape index (κ2) is 6.88. The summed E-state index contributed by atoms with van der Waals surface area (Å²) in [6.07, 6.45) is 0. The smallest absolute Gasteiger partial charge is 0.268 e. The number of rotatable bonds is 8. The van der Waals surface area contributed by atoms with Gasteiger partial charge in [-0.25, -0.2) is 0 Å². The van der Waals surface area contributed by atoms with E-state index in [2.05, 4.69) is 0 Å². The van der Waals surface area contributed by atoms with Gasteiger partial charge in [-0.1, -0.05) is 0 Å². The number of benzene rings is 1. The number of hydrogen-bond acceptors (Lipinski definition) is 6. The van der Waals surface area contributed by atoms with Gasteiger partial charge in [0.2, 0.25) is 0 Å². The van der Waals surface area contributed by atoms with Crippen LogP contribution in [0.3, 0.4) is 0 Å². The fourth-order valence-electron chi connectivity index (χ4n) is 1.16. The van der Waals surface area contributed by atoms with Crippen LogP contribution in [0.2, 0.25) is 0 Å². The maximum atomic E-state index is 10.5. The van der Waals surface area contributed by atoms with Crippen molar-refractivity contribution in [2.24, 2.45) is 0 Å².